The molecule has 0 fully saturated rings. The number of aryl methyl sites for hydroxylation is 1. The lowest BCUT2D eigenvalue weighted by Crippen LogP contribution is -2.25. The minimum Gasteiger partial charge on any atom is -0.357 e. The molecule has 1 aromatic heterocycles. The van der Waals surface area contributed by atoms with Crippen LogP contribution in [0.4, 0.5) is 17.5 Å². The topological polar surface area (TPSA) is 32.3 Å². The predicted octanol–water partition coefficient (Wildman–Crippen LogP) is 5.68. The van der Waals surface area contributed by atoms with Gasteiger partial charge < -0.3 is 9.80 Å². The molecule has 0 spiro atoms. The van der Waals surface area contributed by atoms with Crippen molar-refractivity contribution in [1.29, 1.82) is 0 Å². The van der Waals surface area contributed by atoms with Crippen LogP contribution in [0.5, 0.6) is 0 Å². The van der Waals surface area contributed by atoms with Crippen LogP contribution in [0.25, 0.3) is 0 Å². The van der Waals surface area contributed by atoms with E-state index < -0.39 is 0 Å². The quantitative estimate of drug-likeness (QED) is 0.594. The molecule has 0 aliphatic heterocycles. The van der Waals surface area contributed by atoms with Crippen LogP contribution < -0.4 is 9.80 Å². The Bertz CT molecular complexity index is 711. The molecule has 25 heavy (non-hydrogen) atoms. The summed E-state index contributed by atoms with van der Waals surface area (Å²) in [5.74, 6) is 2.24. The number of aromatic nitrogens is 2. The van der Waals surface area contributed by atoms with Crippen LogP contribution in [0.15, 0.2) is 28.7 Å². The van der Waals surface area contributed by atoms with Crippen LogP contribution >= 0.6 is 15.9 Å². The third-order valence-corrected chi connectivity index (χ3v) is 5.04. The number of halogens is 1. The van der Waals surface area contributed by atoms with E-state index in [2.05, 4.69) is 84.6 Å². The maximum atomic E-state index is 4.84. The van der Waals surface area contributed by atoms with Crippen LogP contribution in [-0.4, -0.2) is 29.6 Å². The average molecular weight is 405 g/mol. The molecule has 5 heteroatoms. The molecule has 2 rings (SSSR count). The van der Waals surface area contributed by atoms with Gasteiger partial charge in [0.2, 0.25) is 5.95 Å². The van der Waals surface area contributed by atoms with Crippen molar-refractivity contribution in [1.82, 2.24) is 9.97 Å². The maximum absolute atomic E-state index is 4.84. The van der Waals surface area contributed by atoms with E-state index in [1.165, 1.54) is 5.56 Å². The summed E-state index contributed by atoms with van der Waals surface area (Å²) in [5.41, 5.74) is 3.41. The number of anilines is 3. The zero-order valence-electron chi connectivity index (χ0n) is 16.2. The van der Waals surface area contributed by atoms with Crippen molar-refractivity contribution in [2.24, 2.45) is 0 Å². The number of hydrogen-bond donors (Lipinski definition) is 0. The molecule has 4 nitrogen and oxygen atoms in total. The fourth-order valence-electron chi connectivity index (χ4n) is 2.89. The Kier molecular flexibility index (Phi) is 6.82. The highest BCUT2D eigenvalue weighted by molar-refractivity contribution is 9.10. The van der Waals surface area contributed by atoms with Crippen LogP contribution in [0.2, 0.25) is 0 Å². The molecular weight excluding hydrogens is 376 g/mol. The van der Waals surface area contributed by atoms with E-state index in [9.17, 15) is 0 Å². The second-order valence-corrected chi connectivity index (χ2v) is 7.30. The van der Waals surface area contributed by atoms with Crippen LogP contribution in [0, 0.1) is 6.92 Å². The van der Waals surface area contributed by atoms with Gasteiger partial charge in [-0.2, -0.15) is 4.98 Å². The smallest absolute Gasteiger partial charge is 0.232 e. The Morgan fingerprint density at radius 2 is 1.68 bits per heavy atom. The molecule has 0 radical (unpaired) electrons. The summed E-state index contributed by atoms with van der Waals surface area (Å²) < 4.78 is 1.08. The Balaban J connectivity index is 2.47. The second kappa shape index (κ2) is 8.65. The molecule has 0 bridgehead atoms. The minimum atomic E-state index is 0.505. The lowest BCUT2D eigenvalue weighted by Gasteiger charge is -2.26. The zero-order chi connectivity index (χ0) is 18.6. The lowest BCUT2D eigenvalue weighted by atomic mass is 10.0. The van der Waals surface area contributed by atoms with Crippen molar-refractivity contribution in [3.05, 3.63) is 40.0 Å². The van der Waals surface area contributed by atoms with Gasteiger partial charge in [-0.25, -0.2) is 4.98 Å². The highest BCUT2D eigenvalue weighted by Gasteiger charge is 2.17. The molecule has 0 N–H and O–H groups in total. The molecule has 0 unspecified atom stereocenters. The second-order valence-electron chi connectivity index (χ2n) is 6.45. The van der Waals surface area contributed by atoms with Crippen molar-refractivity contribution in [2.75, 3.05) is 29.4 Å². The van der Waals surface area contributed by atoms with Gasteiger partial charge >= 0.3 is 0 Å². The largest absolute Gasteiger partial charge is 0.357 e. The standard InChI is InChI=1S/C20H29BrN4/c1-7-24(8-2)19-12-15(6)22-20(23-19)25(9-3)18-11-10-16(14(4)5)13-17(18)21/h10-14H,7-9H2,1-6H3. The summed E-state index contributed by atoms with van der Waals surface area (Å²) in [5, 5.41) is 0. The van der Waals surface area contributed by atoms with E-state index in [1.54, 1.807) is 0 Å². The van der Waals surface area contributed by atoms with Gasteiger partial charge in [0, 0.05) is 35.9 Å². The highest BCUT2D eigenvalue weighted by Crippen LogP contribution is 2.33. The van der Waals surface area contributed by atoms with Crippen molar-refractivity contribution in [3.8, 4) is 0 Å². The third kappa shape index (κ3) is 4.51. The normalized spacial score (nSPS) is 11.0. The van der Waals surface area contributed by atoms with Gasteiger partial charge in [0.05, 0.1) is 5.69 Å². The van der Waals surface area contributed by atoms with E-state index in [0.29, 0.717) is 5.92 Å². The van der Waals surface area contributed by atoms with Crippen molar-refractivity contribution >= 4 is 33.4 Å². The SMILES string of the molecule is CCN(CC)c1cc(C)nc(N(CC)c2ccc(C(C)C)cc2Br)n1. The molecule has 0 saturated heterocycles. The molecule has 0 aliphatic rings. The number of nitrogens with zero attached hydrogens (tertiary/aromatic N) is 4. The van der Waals surface area contributed by atoms with E-state index in [1.807, 2.05) is 6.92 Å². The summed E-state index contributed by atoms with van der Waals surface area (Å²) >= 11 is 3.74. The average Bonchev–Trinajstić information content (AvgIpc) is 2.57. The molecule has 1 heterocycles. The molecule has 1 aromatic carbocycles. The van der Waals surface area contributed by atoms with Gasteiger partial charge in [0.1, 0.15) is 5.82 Å². The predicted molar refractivity (Wildman–Crippen MR) is 111 cm³/mol. The van der Waals surface area contributed by atoms with E-state index in [4.69, 9.17) is 9.97 Å². The van der Waals surface area contributed by atoms with E-state index >= 15 is 0 Å². The fourth-order valence-corrected chi connectivity index (χ4v) is 3.50. The third-order valence-electron chi connectivity index (χ3n) is 4.40. The van der Waals surface area contributed by atoms with Crippen molar-refractivity contribution < 1.29 is 0 Å². The van der Waals surface area contributed by atoms with E-state index in [0.717, 1.165) is 47.3 Å². The van der Waals surface area contributed by atoms with Crippen LogP contribution in [0.3, 0.4) is 0 Å². The molecule has 0 saturated carbocycles. The van der Waals surface area contributed by atoms with E-state index in [-0.39, 0.29) is 0 Å². The summed E-state index contributed by atoms with van der Waals surface area (Å²) in [6.07, 6.45) is 0. The van der Waals surface area contributed by atoms with Gasteiger partial charge in [0.15, 0.2) is 0 Å². The summed E-state index contributed by atoms with van der Waals surface area (Å²) in [4.78, 5) is 14.0. The fraction of sp³-hybridized carbons (Fsp3) is 0.500. The first-order chi connectivity index (χ1) is 11.9. The van der Waals surface area contributed by atoms with Gasteiger partial charge in [-0.15, -0.1) is 0 Å². The maximum Gasteiger partial charge on any atom is 0.232 e. The lowest BCUT2D eigenvalue weighted by molar-refractivity contribution is 0.829. The molecule has 2 aromatic rings. The summed E-state index contributed by atoms with van der Waals surface area (Å²) in [6, 6.07) is 8.60. The van der Waals surface area contributed by atoms with Gasteiger partial charge in [-0.1, -0.05) is 19.9 Å². The number of benzene rings is 1. The van der Waals surface area contributed by atoms with Crippen molar-refractivity contribution in [2.45, 2.75) is 47.5 Å². The number of hydrogen-bond acceptors (Lipinski definition) is 4. The monoisotopic (exact) mass is 404 g/mol. The van der Waals surface area contributed by atoms with Gasteiger partial charge in [0.25, 0.3) is 0 Å². The van der Waals surface area contributed by atoms with Crippen molar-refractivity contribution in [3.63, 3.8) is 0 Å². The first-order valence-corrected chi connectivity index (χ1v) is 9.88. The summed E-state index contributed by atoms with van der Waals surface area (Å²) in [6.45, 7) is 15.6. The Morgan fingerprint density at radius 1 is 1.00 bits per heavy atom. The summed E-state index contributed by atoms with van der Waals surface area (Å²) in [7, 11) is 0. The Labute approximate surface area is 160 Å². The molecule has 0 atom stereocenters. The van der Waals surface area contributed by atoms with Gasteiger partial charge in [-0.3, -0.25) is 0 Å². The minimum absolute atomic E-state index is 0.505. The molecule has 0 aliphatic carbocycles. The Hall–Kier alpha value is -1.62. The Morgan fingerprint density at radius 3 is 2.20 bits per heavy atom. The molecule has 0 amide bonds. The molecule has 136 valence electrons. The first kappa shape index (κ1) is 19.7. The highest BCUT2D eigenvalue weighted by atomic mass is 79.9. The van der Waals surface area contributed by atoms with Gasteiger partial charge in [-0.05, 0) is 67.2 Å². The van der Waals surface area contributed by atoms with Crippen LogP contribution in [0.1, 0.15) is 51.8 Å². The zero-order valence-corrected chi connectivity index (χ0v) is 17.8. The first-order valence-electron chi connectivity index (χ1n) is 9.08. The number of rotatable bonds is 7. The molecular formula is C20H29BrN4. The van der Waals surface area contributed by atoms with Crippen LogP contribution in [-0.2, 0) is 0 Å².